The van der Waals surface area contributed by atoms with Gasteiger partial charge in [0, 0.05) is 44.6 Å². The molecule has 8 nitrogen and oxygen atoms in total. The predicted octanol–water partition coefficient (Wildman–Crippen LogP) is 2.45. The van der Waals surface area contributed by atoms with Crippen molar-refractivity contribution < 1.29 is 13.2 Å². The zero-order valence-electron chi connectivity index (χ0n) is 18.3. The highest BCUT2D eigenvalue weighted by Crippen LogP contribution is 2.14. The van der Waals surface area contributed by atoms with Gasteiger partial charge < -0.3 is 15.4 Å². The van der Waals surface area contributed by atoms with Crippen molar-refractivity contribution in [3.63, 3.8) is 0 Å². The molecule has 0 bridgehead atoms. The summed E-state index contributed by atoms with van der Waals surface area (Å²) in [4.78, 5) is 9.15. The molecule has 1 atom stereocenters. The number of pyridine rings is 1. The quantitative estimate of drug-likeness (QED) is 0.229. The molecule has 0 amide bonds. The highest BCUT2D eigenvalue weighted by Gasteiger charge is 2.20. The molecule has 1 saturated heterocycles. The minimum absolute atomic E-state index is 0. The molecule has 0 radical (unpaired) electrons. The van der Waals surface area contributed by atoms with Gasteiger partial charge in [0.2, 0.25) is 10.0 Å². The number of nitrogens with one attached hydrogen (secondary N) is 3. The van der Waals surface area contributed by atoms with E-state index in [2.05, 4.69) is 25.3 Å². The van der Waals surface area contributed by atoms with Crippen LogP contribution >= 0.6 is 24.0 Å². The van der Waals surface area contributed by atoms with Crippen LogP contribution in [0.4, 0.5) is 0 Å². The van der Waals surface area contributed by atoms with E-state index in [9.17, 15) is 8.42 Å². The molecule has 176 valence electrons. The van der Waals surface area contributed by atoms with E-state index in [4.69, 9.17) is 4.74 Å². The van der Waals surface area contributed by atoms with E-state index in [0.29, 0.717) is 25.7 Å². The summed E-state index contributed by atoms with van der Waals surface area (Å²) in [6.45, 7) is 4.94. The molecule has 1 aromatic carbocycles. The van der Waals surface area contributed by atoms with Gasteiger partial charge in [-0.1, -0.05) is 18.2 Å². The molecule has 10 heteroatoms. The Hall–Kier alpha value is -1.76. The smallest absolute Gasteiger partial charge is 0.240 e. The van der Waals surface area contributed by atoms with Crippen molar-refractivity contribution in [3.05, 3.63) is 59.9 Å². The van der Waals surface area contributed by atoms with Crippen LogP contribution in [0, 0.1) is 0 Å². The maximum Gasteiger partial charge on any atom is 0.240 e. The fourth-order valence-electron chi connectivity index (χ4n) is 3.23. The monoisotopic (exact) mass is 573 g/mol. The van der Waals surface area contributed by atoms with E-state index in [1.54, 1.807) is 30.5 Å². The number of ether oxygens (including phenoxy) is 1. The van der Waals surface area contributed by atoms with Crippen LogP contribution in [-0.4, -0.2) is 51.7 Å². The molecule has 2 aromatic rings. The topological polar surface area (TPSA) is 105 Å². The standard InChI is InChI=1S/C22H31N5O3S.HI/c1-2-23-22(25-14-12-19-6-3-4-13-24-19)26-16-18-8-10-21(11-9-18)31(28,29)27-17-20-7-5-15-30-20;/h3-4,6,8-11,13,20,27H,2,5,7,12,14-17H2,1H3,(H2,23,25,26);1H. The molecule has 0 spiro atoms. The first-order valence-corrected chi connectivity index (χ1v) is 12.2. The van der Waals surface area contributed by atoms with Gasteiger partial charge in [0.25, 0.3) is 0 Å². The van der Waals surface area contributed by atoms with Crippen molar-refractivity contribution in [1.82, 2.24) is 20.3 Å². The molecule has 1 aliphatic heterocycles. The first-order chi connectivity index (χ1) is 15.1. The third-order valence-corrected chi connectivity index (χ3v) is 6.36. The number of hydrogen-bond acceptors (Lipinski definition) is 5. The molecule has 2 heterocycles. The lowest BCUT2D eigenvalue weighted by Crippen LogP contribution is -2.38. The number of nitrogens with zero attached hydrogens (tertiary/aromatic N) is 2. The van der Waals surface area contributed by atoms with Gasteiger partial charge in [0.15, 0.2) is 5.96 Å². The summed E-state index contributed by atoms with van der Waals surface area (Å²) in [7, 11) is -3.54. The van der Waals surface area contributed by atoms with E-state index >= 15 is 0 Å². The summed E-state index contributed by atoms with van der Waals surface area (Å²) in [6.07, 6.45) is 4.43. The molecule has 0 aliphatic carbocycles. The predicted molar refractivity (Wildman–Crippen MR) is 137 cm³/mol. The number of aliphatic imine (C=N–C) groups is 1. The van der Waals surface area contributed by atoms with Crippen LogP contribution in [0.15, 0.2) is 58.5 Å². The molecule has 1 unspecified atom stereocenters. The highest BCUT2D eigenvalue weighted by molar-refractivity contribution is 14.0. The second-order valence-corrected chi connectivity index (χ2v) is 9.09. The van der Waals surface area contributed by atoms with Crippen molar-refractivity contribution in [1.29, 1.82) is 0 Å². The second-order valence-electron chi connectivity index (χ2n) is 7.32. The average Bonchev–Trinajstić information content (AvgIpc) is 3.31. The number of hydrogen-bond donors (Lipinski definition) is 3. The van der Waals surface area contributed by atoms with Gasteiger partial charge in [-0.2, -0.15) is 0 Å². The summed E-state index contributed by atoms with van der Waals surface area (Å²) < 4.78 is 33.0. The van der Waals surface area contributed by atoms with Gasteiger partial charge in [-0.15, -0.1) is 24.0 Å². The Balaban J connectivity index is 0.00000363. The van der Waals surface area contributed by atoms with E-state index in [1.807, 2.05) is 25.1 Å². The third kappa shape index (κ3) is 8.64. The third-order valence-electron chi connectivity index (χ3n) is 4.92. The van der Waals surface area contributed by atoms with Crippen molar-refractivity contribution in [2.75, 3.05) is 26.2 Å². The number of benzene rings is 1. The zero-order valence-corrected chi connectivity index (χ0v) is 21.4. The molecule has 1 fully saturated rings. The van der Waals surface area contributed by atoms with Crippen LogP contribution in [0.2, 0.25) is 0 Å². The summed E-state index contributed by atoms with van der Waals surface area (Å²) in [6, 6.07) is 12.7. The van der Waals surface area contributed by atoms with Crippen LogP contribution in [0.5, 0.6) is 0 Å². The second kappa shape index (κ2) is 13.7. The van der Waals surface area contributed by atoms with E-state index in [1.165, 1.54) is 0 Å². The van der Waals surface area contributed by atoms with Gasteiger partial charge in [0.05, 0.1) is 17.5 Å². The fraction of sp³-hybridized carbons (Fsp3) is 0.455. The molecule has 0 saturated carbocycles. The maximum absolute atomic E-state index is 12.5. The lowest BCUT2D eigenvalue weighted by molar-refractivity contribution is 0.114. The Bertz CT molecular complexity index is 934. The molecular weight excluding hydrogens is 541 g/mol. The first-order valence-electron chi connectivity index (χ1n) is 10.7. The lowest BCUT2D eigenvalue weighted by atomic mass is 10.2. The molecule has 32 heavy (non-hydrogen) atoms. The Kier molecular flexibility index (Phi) is 11.4. The number of halogens is 1. The van der Waals surface area contributed by atoms with Crippen LogP contribution in [-0.2, 0) is 27.7 Å². The summed E-state index contributed by atoms with van der Waals surface area (Å²) >= 11 is 0. The van der Waals surface area contributed by atoms with Crippen molar-refractivity contribution in [2.45, 2.75) is 43.7 Å². The summed E-state index contributed by atoms with van der Waals surface area (Å²) in [5.74, 6) is 0.716. The van der Waals surface area contributed by atoms with Gasteiger partial charge in [0.1, 0.15) is 0 Å². The van der Waals surface area contributed by atoms with Crippen LogP contribution < -0.4 is 15.4 Å². The van der Waals surface area contributed by atoms with Gasteiger partial charge in [-0.3, -0.25) is 4.98 Å². The summed E-state index contributed by atoms with van der Waals surface area (Å²) in [5.41, 5.74) is 1.95. The lowest BCUT2D eigenvalue weighted by Gasteiger charge is -2.12. The average molecular weight is 574 g/mol. The molecule has 3 rings (SSSR count). The van der Waals surface area contributed by atoms with Gasteiger partial charge >= 0.3 is 0 Å². The Labute approximate surface area is 207 Å². The van der Waals surface area contributed by atoms with E-state index in [-0.39, 0.29) is 35.0 Å². The first kappa shape index (κ1) is 26.5. The van der Waals surface area contributed by atoms with Crippen molar-refractivity contribution in [2.24, 2.45) is 4.99 Å². The normalized spacial score (nSPS) is 16.4. The van der Waals surface area contributed by atoms with Crippen LogP contribution in [0.25, 0.3) is 0 Å². The van der Waals surface area contributed by atoms with E-state index in [0.717, 1.165) is 43.6 Å². The number of aromatic nitrogens is 1. The molecule has 1 aliphatic rings. The highest BCUT2D eigenvalue weighted by atomic mass is 127. The molecule has 3 N–H and O–H groups in total. The van der Waals surface area contributed by atoms with E-state index < -0.39 is 10.0 Å². The van der Waals surface area contributed by atoms with Crippen molar-refractivity contribution in [3.8, 4) is 0 Å². The Morgan fingerprint density at radius 3 is 2.66 bits per heavy atom. The van der Waals surface area contributed by atoms with Crippen LogP contribution in [0.3, 0.4) is 0 Å². The molecular formula is C22H32IN5O3S. The van der Waals surface area contributed by atoms with Gasteiger partial charge in [-0.25, -0.2) is 18.1 Å². The number of rotatable bonds is 10. The minimum Gasteiger partial charge on any atom is -0.377 e. The van der Waals surface area contributed by atoms with Crippen molar-refractivity contribution >= 4 is 40.0 Å². The zero-order chi connectivity index (χ0) is 21.9. The fourth-order valence-corrected chi connectivity index (χ4v) is 4.30. The minimum atomic E-state index is -3.54. The Morgan fingerprint density at radius 2 is 2.00 bits per heavy atom. The SMILES string of the molecule is CCNC(=NCc1ccc(S(=O)(=O)NCC2CCCO2)cc1)NCCc1ccccn1.I. The van der Waals surface area contributed by atoms with Crippen LogP contribution in [0.1, 0.15) is 31.0 Å². The Morgan fingerprint density at radius 1 is 1.19 bits per heavy atom. The number of guanidine groups is 1. The largest absolute Gasteiger partial charge is 0.377 e. The molecule has 1 aromatic heterocycles. The van der Waals surface area contributed by atoms with Gasteiger partial charge in [-0.05, 0) is 49.6 Å². The summed E-state index contributed by atoms with van der Waals surface area (Å²) in [5, 5.41) is 6.52. The maximum atomic E-state index is 12.5. The number of sulfonamides is 1.